The van der Waals surface area contributed by atoms with Gasteiger partial charge in [0.15, 0.2) is 0 Å². The maximum atomic E-state index is 12.8. The summed E-state index contributed by atoms with van der Waals surface area (Å²) in [5.41, 5.74) is 1.80. The van der Waals surface area contributed by atoms with Crippen LogP contribution in [0.3, 0.4) is 0 Å². The summed E-state index contributed by atoms with van der Waals surface area (Å²) in [5.74, 6) is 0.0946. The highest BCUT2D eigenvalue weighted by molar-refractivity contribution is 5.77. The number of rotatable bonds is 22. The van der Waals surface area contributed by atoms with Gasteiger partial charge in [0.2, 0.25) is 5.91 Å². The van der Waals surface area contributed by atoms with E-state index < -0.39 is 5.54 Å². The van der Waals surface area contributed by atoms with Crippen LogP contribution in [-0.4, -0.2) is 29.1 Å². The molecule has 5 heteroatoms. The minimum Gasteiger partial charge on any atom is -0.507 e. The van der Waals surface area contributed by atoms with Crippen molar-refractivity contribution in [2.75, 3.05) is 6.61 Å². The standard InChI is InChI=1S/C39H69NO4/c1-10-11-12-13-14-15-16-17-18-19-20-21-22-23-24-25-35(42)44-30-39(8,9)40-34(41)27-26-31-28-32(37(2,3)4)36(43)33(29-31)38(5,6)7/h28-29,43H,10-27,30H2,1-9H3,(H,40,41). The van der Waals surface area contributed by atoms with Gasteiger partial charge in [0.25, 0.3) is 0 Å². The Bertz CT molecular complexity index is 932. The molecule has 1 rings (SSSR count). The number of aromatic hydroxyl groups is 1. The third kappa shape index (κ3) is 17.4. The first kappa shape index (κ1) is 40.0. The van der Waals surface area contributed by atoms with E-state index in [0.29, 0.717) is 25.0 Å². The summed E-state index contributed by atoms with van der Waals surface area (Å²) in [4.78, 5) is 25.2. The summed E-state index contributed by atoms with van der Waals surface area (Å²) in [6, 6.07) is 4.06. The van der Waals surface area contributed by atoms with Gasteiger partial charge < -0.3 is 15.2 Å². The van der Waals surface area contributed by atoms with Crippen molar-refractivity contribution in [1.29, 1.82) is 0 Å². The van der Waals surface area contributed by atoms with E-state index in [1.54, 1.807) is 0 Å². The van der Waals surface area contributed by atoms with Gasteiger partial charge in [-0.3, -0.25) is 9.59 Å². The average molecular weight is 616 g/mol. The molecular formula is C39H69NO4. The number of benzene rings is 1. The number of hydrogen-bond donors (Lipinski definition) is 2. The van der Waals surface area contributed by atoms with Crippen LogP contribution in [0.25, 0.3) is 0 Å². The van der Waals surface area contributed by atoms with Gasteiger partial charge in [0.1, 0.15) is 12.4 Å². The fourth-order valence-corrected chi connectivity index (χ4v) is 5.69. The number of ether oxygens (including phenoxy) is 1. The topological polar surface area (TPSA) is 75.6 Å². The van der Waals surface area contributed by atoms with Crippen LogP contribution in [0, 0.1) is 0 Å². The number of carbonyl (C=O) groups excluding carboxylic acids is 2. The van der Waals surface area contributed by atoms with E-state index in [2.05, 4.69) is 53.8 Å². The molecule has 0 unspecified atom stereocenters. The summed E-state index contributed by atoms with van der Waals surface area (Å²) >= 11 is 0. The molecule has 44 heavy (non-hydrogen) atoms. The second kappa shape index (κ2) is 20.2. The Balaban J connectivity index is 2.27. The van der Waals surface area contributed by atoms with E-state index in [1.807, 2.05) is 26.0 Å². The molecule has 1 amide bonds. The highest BCUT2D eigenvalue weighted by Gasteiger charge is 2.27. The molecule has 0 fully saturated rings. The fraction of sp³-hybridized carbons (Fsp3) is 0.795. The Morgan fingerprint density at radius 2 is 1.07 bits per heavy atom. The average Bonchev–Trinajstić information content (AvgIpc) is 2.92. The Kier molecular flexibility index (Phi) is 18.3. The van der Waals surface area contributed by atoms with E-state index in [-0.39, 0.29) is 29.3 Å². The van der Waals surface area contributed by atoms with Crippen LogP contribution in [0.2, 0.25) is 0 Å². The zero-order valence-corrected chi connectivity index (χ0v) is 30.3. The van der Waals surface area contributed by atoms with E-state index >= 15 is 0 Å². The summed E-state index contributed by atoms with van der Waals surface area (Å²) in [5, 5.41) is 14.0. The van der Waals surface area contributed by atoms with Crippen molar-refractivity contribution < 1.29 is 19.4 Å². The minimum atomic E-state index is -0.635. The van der Waals surface area contributed by atoms with Crippen LogP contribution < -0.4 is 5.32 Å². The first-order valence-electron chi connectivity index (χ1n) is 17.9. The molecule has 0 bridgehead atoms. The van der Waals surface area contributed by atoms with Crippen molar-refractivity contribution in [3.63, 3.8) is 0 Å². The van der Waals surface area contributed by atoms with Gasteiger partial charge in [-0.2, -0.15) is 0 Å². The zero-order chi connectivity index (χ0) is 33.2. The molecule has 0 saturated heterocycles. The summed E-state index contributed by atoms with van der Waals surface area (Å²) in [6.07, 6.45) is 20.8. The van der Waals surface area contributed by atoms with Crippen LogP contribution >= 0.6 is 0 Å². The molecule has 254 valence electrons. The van der Waals surface area contributed by atoms with E-state index in [1.165, 1.54) is 83.5 Å². The molecule has 5 nitrogen and oxygen atoms in total. The molecule has 0 aromatic heterocycles. The fourth-order valence-electron chi connectivity index (χ4n) is 5.69. The molecule has 0 heterocycles. The predicted molar refractivity (Wildman–Crippen MR) is 187 cm³/mol. The Morgan fingerprint density at radius 3 is 1.48 bits per heavy atom. The lowest BCUT2D eigenvalue weighted by atomic mass is 9.78. The van der Waals surface area contributed by atoms with E-state index in [0.717, 1.165) is 29.5 Å². The Hall–Kier alpha value is -2.04. The SMILES string of the molecule is CCCCCCCCCCCCCCCCCC(=O)OCC(C)(C)NC(=O)CCc1cc(C(C)(C)C)c(O)c(C(C)(C)C)c1. The highest BCUT2D eigenvalue weighted by Crippen LogP contribution is 2.40. The number of aryl methyl sites for hydroxylation is 1. The molecule has 0 radical (unpaired) electrons. The number of carbonyl (C=O) groups is 2. The van der Waals surface area contributed by atoms with Crippen LogP contribution in [0.4, 0.5) is 0 Å². The molecule has 1 aromatic carbocycles. The maximum Gasteiger partial charge on any atom is 0.305 e. The molecule has 0 aliphatic rings. The van der Waals surface area contributed by atoms with Crippen molar-refractivity contribution in [3.8, 4) is 5.75 Å². The van der Waals surface area contributed by atoms with Gasteiger partial charge in [-0.15, -0.1) is 0 Å². The molecule has 0 spiro atoms. The van der Waals surface area contributed by atoms with Gasteiger partial charge >= 0.3 is 5.97 Å². The molecular weight excluding hydrogens is 546 g/mol. The number of phenolic OH excluding ortho intramolecular Hbond substituents is 1. The van der Waals surface area contributed by atoms with Crippen molar-refractivity contribution in [3.05, 3.63) is 28.8 Å². The lowest BCUT2D eigenvalue weighted by molar-refractivity contribution is -0.146. The molecule has 1 aromatic rings. The van der Waals surface area contributed by atoms with Gasteiger partial charge in [-0.1, -0.05) is 150 Å². The zero-order valence-electron chi connectivity index (χ0n) is 30.3. The second-order valence-corrected chi connectivity index (χ2v) is 15.8. The van der Waals surface area contributed by atoms with Crippen molar-refractivity contribution in [2.45, 2.75) is 194 Å². The number of phenols is 1. The van der Waals surface area contributed by atoms with E-state index in [4.69, 9.17) is 4.74 Å². The summed E-state index contributed by atoms with van der Waals surface area (Å²) in [7, 11) is 0. The molecule has 0 aliphatic heterocycles. The third-order valence-electron chi connectivity index (χ3n) is 8.48. The second-order valence-electron chi connectivity index (χ2n) is 15.8. The summed E-state index contributed by atoms with van der Waals surface area (Å²) < 4.78 is 5.53. The lowest BCUT2D eigenvalue weighted by Gasteiger charge is -2.28. The van der Waals surface area contributed by atoms with Crippen LogP contribution in [0.15, 0.2) is 12.1 Å². The smallest absolute Gasteiger partial charge is 0.305 e. The van der Waals surface area contributed by atoms with Crippen LogP contribution in [0.1, 0.15) is 188 Å². The maximum absolute atomic E-state index is 12.8. The van der Waals surface area contributed by atoms with Crippen molar-refractivity contribution in [2.24, 2.45) is 0 Å². The lowest BCUT2D eigenvalue weighted by Crippen LogP contribution is -2.47. The first-order chi connectivity index (χ1) is 20.6. The Morgan fingerprint density at radius 1 is 0.659 bits per heavy atom. The molecule has 2 N–H and O–H groups in total. The highest BCUT2D eigenvalue weighted by atomic mass is 16.5. The number of amides is 1. The van der Waals surface area contributed by atoms with Crippen molar-refractivity contribution >= 4 is 11.9 Å². The first-order valence-corrected chi connectivity index (χ1v) is 17.9. The molecule has 0 atom stereocenters. The number of unbranched alkanes of at least 4 members (excludes halogenated alkanes) is 14. The van der Waals surface area contributed by atoms with Gasteiger partial charge in [0.05, 0.1) is 5.54 Å². The van der Waals surface area contributed by atoms with Gasteiger partial charge in [-0.25, -0.2) is 0 Å². The van der Waals surface area contributed by atoms with Gasteiger partial charge in [0, 0.05) is 12.8 Å². The summed E-state index contributed by atoms with van der Waals surface area (Å²) in [6.45, 7) is 18.8. The Labute approximate surface area is 271 Å². The third-order valence-corrected chi connectivity index (χ3v) is 8.48. The minimum absolute atomic E-state index is 0.0730. The molecule has 0 aliphatic carbocycles. The quantitative estimate of drug-likeness (QED) is 0.100. The monoisotopic (exact) mass is 616 g/mol. The molecule has 0 saturated carbocycles. The predicted octanol–water partition coefficient (Wildman–Crippen LogP) is 10.6. The van der Waals surface area contributed by atoms with E-state index in [9.17, 15) is 14.7 Å². The van der Waals surface area contributed by atoms with Crippen LogP contribution in [0.5, 0.6) is 5.75 Å². The largest absolute Gasteiger partial charge is 0.507 e. The normalized spacial score (nSPS) is 12.4. The number of nitrogens with one attached hydrogen (secondary N) is 1. The van der Waals surface area contributed by atoms with Crippen molar-refractivity contribution in [1.82, 2.24) is 5.32 Å². The number of esters is 1. The van der Waals surface area contributed by atoms with Crippen LogP contribution in [-0.2, 0) is 31.6 Å². The van der Waals surface area contributed by atoms with Gasteiger partial charge in [-0.05, 0) is 54.2 Å². The number of hydrogen-bond acceptors (Lipinski definition) is 4.